The van der Waals surface area contributed by atoms with E-state index < -0.39 is 0 Å². The van der Waals surface area contributed by atoms with E-state index in [1.807, 2.05) is 53.9 Å². The Morgan fingerprint density at radius 1 is 1.03 bits per heavy atom. The molecule has 0 aliphatic heterocycles. The molecule has 0 atom stereocenters. The molecule has 2 amide bonds. The van der Waals surface area contributed by atoms with E-state index in [-0.39, 0.29) is 24.1 Å². The molecule has 0 fully saturated rings. The topological polar surface area (TPSA) is 102 Å². The number of nitrogens with one attached hydrogen (secondary N) is 2. The Balaban J connectivity index is 1.28. The number of carbonyl (C=O) groups is 2. The molecule has 0 aliphatic rings. The summed E-state index contributed by atoms with van der Waals surface area (Å²) in [6, 6.07) is 18.8. The predicted molar refractivity (Wildman–Crippen MR) is 126 cm³/mol. The maximum atomic E-state index is 12.3. The molecule has 4 rings (SSSR count). The molecule has 2 aromatic carbocycles. The van der Waals surface area contributed by atoms with E-state index in [1.54, 1.807) is 23.7 Å². The lowest BCUT2D eigenvalue weighted by Gasteiger charge is -2.06. The number of thiazole rings is 1. The van der Waals surface area contributed by atoms with E-state index in [4.69, 9.17) is 0 Å². The minimum atomic E-state index is -0.180. The summed E-state index contributed by atoms with van der Waals surface area (Å²) in [4.78, 5) is 29.0. The van der Waals surface area contributed by atoms with Crippen molar-refractivity contribution < 1.29 is 9.59 Å². The van der Waals surface area contributed by atoms with Crippen molar-refractivity contribution in [3.63, 3.8) is 0 Å². The van der Waals surface area contributed by atoms with Gasteiger partial charge in [-0.15, -0.1) is 21.5 Å². The van der Waals surface area contributed by atoms with Crippen LogP contribution in [0.1, 0.15) is 16.2 Å². The third-order valence-corrected chi connectivity index (χ3v) is 6.30. The van der Waals surface area contributed by atoms with Gasteiger partial charge in [0.15, 0.2) is 16.1 Å². The minimum Gasteiger partial charge on any atom is -0.345 e. The van der Waals surface area contributed by atoms with Gasteiger partial charge < -0.3 is 15.2 Å². The first-order valence-corrected chi connectivity index (χ1v) is 11.6. The zero-order chi connectivity index (χ0) is 22.3. The zero-order valence-electron chi connectivity index (χ0n) is 17.2. The van der Waals surface area contributed by atoms with Gasteiger partial charge in [0.2, 0.25) is 5.91 Å². The molecule has 2 aromatic heterocycles. The first-order chi connectivity index (χ1) is 15.6. The van der Waals surface area contributed by atoms with Crippen LogP contribution in [0.2, 0.25) is 0 Å². The van der Waals surface area contributed by atoms with Crippen LogP contribution in [0, 0.1) is 0 Å². The van der Waals surface area contributed by atoms with E-state index in [0.29, 0.717) is 21.7 Å². The fraction of sp³-hybridized carbons (Fsp3) is 0.136. The van der Waals surface area contributed by atoms with Gasteiger partial charge >= 0.3 is 0 Å². The van der Waals surface area contributed by atoms with Crippen LogP contribution in [-0.2, 0) is 18.4 Å². The molecule has 0 saturated carbocycles. The predicted octanol–water partition coefficient (Wildman–Crippen LogP) is 3.60. The first-order valence-electron chi connectivity index (χ1n) is 9.75. The van der Waals surface area contributed by atoms with Gasteiger partial charge in [0.05, 0.1) is 18.0 Å². The molecule has 2 N–H and O–H groups in total. The fourth-order valence-electron chi connectivity index (χ4n) is 2.83. The fourth-order valence-corrected chi connectivity index (χ4v) is 4.30. The van der Waals surface area contributed by atoms with E-state index in [2.05, 4.69) is 25.8 Å². The number of amides is 2. The van der Waals surface area contributed by atoms with Crippen molar-refractivity contribution in [3.8, 4) is 11.3 Å². The highest BCUT2D eigenvalue weighted by atomic mass is 32.2. The number of carbonyl (C=O) groups excluding carboxylic acids is 2. The highest BCUT2D eigenvalue weighted by Crippen LogP contribution is 2.25. The molecule has 0 saturated heterocycles. The van der Waals surface area contributed by atoms with Crippen LogP contribution < -0.4 is 10.6 Å². The summed E-state index contributed by atoms with van der Waals surface area (Å²) in [5, 5.41) is 16.9. The van der Waals surface area contributed by atoms with Crippen molar-refractivity contribution in [2.45, 2.75) is 11.7 Å². The van der Waals surface area contributed by atoms with Gasteiger partial charge in [0, 0.05) is 23.6 Å². The van der Waals surface area contributed by atoms with Crippen molar-refractivity contribution in [2.75, 3.05) is 11.1 Å². The van der Waals surface area contributed by atoms with Gasteiger partial charge in [-0.1, -0.05) is 60.3 Å². The Morgan fingerprint density at radius 3 is 2.50 bits per heavy atom. The molecule has 162 valence electrons. The zero-order valence-corrected chi connectivity index (χ0v) is 18.8. The van der Waals surface area contributed by atoms with Crippen LogP contribution in [0.5, 0.6) is 0 Å². The second-order valence-electron chi connectivity index (χ2n) is 6.75. The largest absolute Gasteiger partial charge is 0.345 e. The number of benzene rings is 2. The number of nitrogens with zero attached hydrogens (tertiary/aromatic N) is 4. The quantitative estimate of drug-likeness (QED) is 0.386. The van der Waals surface area contributed by atoms with Gasteiger partial charge in [-0.3, -0.25) is 9.59 Å². The maximum absolute atomic E-state index is 12.3. The Hall–Kier alpha value is -3.50. The van der Waals surface area contributed by atoms with Crippen molar-refractivity contribution in [1.29, 1.82) is 0 Å². The van der Waals surface area contributed by atoms with Crippen molar-refractivity contribution in [3.05, 3.63) is 77.4 Å². The number of aromatic nitrogens is 4. The first kappa shape index (κ1) is 21.7. The monoisotopic (exact) mass is 464 g/mol. The van der Waals surface area contributed by atoms with Crippen LogP contribution in [0.3, 0.4) is 0 Å². The second-order valence-corrected chi connectivity index (χ2v) is 8.55. The standard InChI is InChI=1S/C22H20N6O2S2/c1-28-18(12-23-20(30)16-10-6-3-7-11-16)26-27-22(28)32-14-19(29)25-21-24-17(13-31-21)15-8-4-2-5-9-15/h2-11,13H,12,14H2,1H3,(H,23,30)(H,24,25,29). The average Bonchev–Trinajstić information content (AvgIpc) is 3.43. The van der Waals surface area contributed by atoms with Crippen LogP contribution >= 0.6 is 23.1 Å². The summed E-state index contributed by atoms with van der Waals surface area (Å²) in [7, 11) is 1.80. The Morgan fingerprint density at radius 2 is 1.75 bits per heavy atom. The van der Waals surface area contributed by atoms with Crippen molar-refractivity contribution in [1.82, 2.24) is 25.1 Å². The van der Waals surface area contributed by atoms with Gasteiger partial charge in [-0.25, -0.2) is 4.98 Å². The molecule has 0 bridgehead atoms. The van der Waals surface area contributed by atoms with E-state index in [9.17, 15) is 9.59 Å². The molecular formula is C22H20N6O2S2. The lowest BCUT2D eigenvalue weighted by Crippen LogP contribution is -2.24. The molecule has 0 unspecified atom stereocenters. The summed E-state index contributed by atoms with van der Waals surface area (Å²) < 4.78 is 1.76. The van der Waals surface area contributed by atoms with E-state index >= 15 is 0 Å². The summed E-state index contributed by atoms with van der Waals surface area (Å²) >= 11 is 2.65. The lowest BCUT2D eigenvalue weighted by atomic mass is 10.2. The average molecular weight is 465 g/mol. The number of thioether (sulfide) groups is 1. The summed E-state index contributed by atoms with van der Waals surface area (Å²) in [5.74, 6) is 0.416. The van der Waals surface area contributed by atoms with Crippen molar-refractivity contribution >= 4 is 40.0 Å². The molecular weight excluding hydrogens is 444 g/mol. The molecule has 0 aliphatic carbocycles. The maximum Gasteiger partial charge on any atom is 0.251 e. The molecule has 0 spiro atoms. The molecule has 0 radical (unpaired) electrons. The van der Waals surface area contributed by atoms with Gasteiger partial charge in [-0.2, -0.15) is 0 Å². The number of hydrogen-bond donors (Lipinski definition) is 2. The highest BCUT2D eigenvalue weighted by molar-refractivity contribution is 7.99. The normalized spacial score (nSPS) is 10.7. The lowest BCUT2D eigenvalue weighted by molar-refractivity contribution is -0.113. The van der Waals surface area contributed by atoms with Crippen molar-refractivity contribution in [2.24, 2.45) is 7.05 Å². The number of rotatable bonds is 8. The molecule has 10 heteroatoms. The Labute approximate surface area is 193 Å². The summed E-state index contributed by atoms with van der Waals surface area (Å²) in [6.07, 6.45) is 0. The number of anilines is 1. The second kappa shape index (κ2) is 10.2. The van der Waals surface area contributed by atoms with Crippen LogP contribution in [-0.4, -0.2) is 37.3 Å². The van der Waals surface area contributed by atoms with Crippen LogP contribution in [0.15, 0.2) is 71.2 Å². The Bertz CT molecular complexity index is 1210. The number of hydrogen-bond acceptors (Lipinski definition) is 7. The van der Waals surface area contributed by atoms with Gasteiger partial charge in [0.1, 0.15) is 0 Å². The van der Waals surface area contributed by atoms with Crippen LogP contribution in [0.4, 0.5) is 5.13 Å². The van der Waals surface area contributed by atoms with Gasteiger partial charge in [-0.05, 0) is 12.1 Å². The smallest absolute Gasteiger partial charge is 0.251 e. The summed E-state index contributed by atoms with van der Waals surface area (Å²) in [5.41, 5.74) is 2.41. The van der Waals surface area contributed by atoms with Crippen LogP contribution in [0.25, 0.3) is 11.3 Å². The Kier molecular flexibility index (Phi) is 6.93. The third-order valence-electron chi connectivity index (χ3n) is 4.52. The molecule has 4 aromatic rings. The third kappa shape index (κ3) is 5.40. The molecule has 2 heterocycles. The SMILES string of the molecule is Cn1c(CNC(=O)c2ccccc2)nnc1SCC(=O)Nc1nc(-c2ccccc2)cs1. The van der Waals surface area contributed by atoms with Gasteiger partial charge in [0.25, 0.3) is 5.91 Å². The molecule has 8 nitrogen and oxygen atoms in total. The summed E-state index contributed by atoms with van der Waals surface area (Å²) in [6.45, 7) is 0.241. The molecule has 32 heavy (non-hydrogen) atoms. The van der Waals surface area contributed by atoms with E-state index in [0.717, 1.165) is 11.3 Å². The van der Waals surface area contributed by atoms with E-state index in [1.165, 1.54) is 23.1 Å². The highest BCUT2D eigenvalue weighted by Gasteiger charge is 2.14. The minimum absolute atomic E-state index is 0.169.